The van der Waals surface area contributed by atoms with E-state index in [9.17, 15) is 19.5 Å². The maximum Gasteiger partial charge on any atom is 0.371 e. The predicted molar refractivity (Wildman–Crippen MR) is 134 cm³/mol. The smallest absolute Gasteiger partial charge is 0.371 e. The fraction of sp³-hybridized carbons (Fsp3) is 0.393. The number of carbonyl (C=O) groups excluding carboxylic acids is 1. The molecule has 0 bridgehead atoms. The Morgan fingerprint density at radius 3 is 1.87 bits per heavy atom. The highest BCUT2D eigenvalue weighted by atomic mass is 16.7. The van der Waals surface area contributed by atoms with Crippen LogP contribution in [-0.4, -0.2) is 57.6 Å². The van der Waals surface area contributed by atoms with Crippen molar-refractivity contribution in [2.45, 2.75) is 56.3 Å². The Bertz CT molecular complexity index is 1240. The Hall–Kier alpha value is -3.73. The number of hydrogen-bond donors (Lipinski definition) is 3. The van der Waals surface area contributed by atoms with Crippen molar-refractivity contribution in [1.82, 2.24) is 0 Å². The molecule has 1 aliphatic heterocycles. The third-order valence-electron chi connectivity index (χ3n) is 6.67. The van der Waals surface area contributed by atoms with Crippen LogP contribution < -0.4 is 0 Å². The summed E-state index contributed by atoms with van der Waals surface area (Å²) in [6.45, 7) is 1.22. The Morgan fingerprint density at radius 2 is 1.37 bits per heavy atom. The molecular weight excluding hydrogens is 496 g/mol. The number of aromatic carboxylic acids is 2. The van der Waals surface area contributed by atoms with Gasteiger partial charge in [-0.3, -0.25) is 4.79 Å². The number of Topliss-reactive ketones (excluding diaryl/α,β-unsaturated/α-hetero) is 1. The van der Waals surface area contributed by atoms with Gasteiger partial charge in [0.2, 0.25) is 11.5 Å². The summed E-state index contributed by atoms with van der Waals surface area (Å²) >= 11 is 0. The highest BCUT2D eigenvalue weighted by Crippen LogP contribution is 2.41. The molecule has 0 radical (unpaired) electrons. The SMILES string of the molecule is O=C(O)c1ccc(/C=C/C2(O)CCC3(CC2)OCCO3)o1.O=C1CC=C(/C=C/c2ccc(C(=O)O)o2)CC1. The summed E-state index contributed by atoms with van der Waals surface area (Å²) < 4.78 is 21.5. The molecule has 5 rings (SSSR count). The number of hydrogen-bond acceptors (Lipinski definition) is 8. The van der Waals surface area contributed by atoms with Gasteiger partial charge in [0.05, 0.1) is 18.8 Å². The lowest BCUT2D eigenvalue weighted by atomic mass is 9.81. The Morgan fingerprint density at radius 1 is 0.789 bits per heavy atom. The highest BCUT2D eigenvalue weighted by Gasteiger charge is 2.44. The normalized spacial score (nSPS) is 20.4. The van der Waals surface area contributed by atoms with Gasteiger partial charge < -0.3 is 33.6 Å². The predicted octanol–water partition coefficient (Wildman–Crippen LogP) is 4.71. The first kappa shape index (κ1) is 27.3. The molecule has 0 unspecified atom stereocenters. The molecule has 0 amide bonds. The van der Waals surface area contributed by atoms with Crippen LogP contribution in [0.25, 0.3) is 12.2 Å². The number of carboxylic acid groups (broad SMARTS) is 2. The first-order valence-corrected chi connectivity index (χ1v) is 12.4. The van der Waals surface area contributed by atoms with E-state index in [1.165, 1.54) is 12.1 Å². The lowest BCUT2D eigenvalue weighted by Gasteiger charge is -2.39. The van der Waals surface area contributed by atoms with Gasteiger partial charge in [-0.05, 0) is 61.8 Å². The zero-order valence-corrected chi connectivity index (χ0v) is 20.8. The summed E-state index contributed by atoms with van der Waals surface area (Å²) in [7, 11) is 0. The van der Waals surface area contributed by atoms with Crippen molar-refractivity contribution >= 4 is 29.9 Å². The van der Waals surface area contributed by atoms with Crippen molar-refractivity contribution in [3.05, 3.63) is 71.1 Å². The summed E-state index contributed by atoms with van der Waals surface area (Å²) in [4.78, 5) is 32.3. The van der Waals surface area contributed by atoms with Crippen LogP contribution in [0.2, 0.25) is 0 Å². The van der Waals surface area contributed by atoms with Crippen LogP contribution in [0.4, 0.5) is 0 Å². The van der Waals surface area contributed by atoms with Gasteiger partial charge in [0.1, 0.15) is 17.3 Å². The van der Waals surface area contributed by atoms with Gasteiger partial charge in [-0.2, -0.15) is 0 Å². The van der Waals surface area contributed by atoms with E-state index in [0.29, 0.717) is 63.3 Å². The molecule has 2 aromatic rings. The van der Waals surface area contributed by atoms with Crippen LogP contribution in [0.1, 0.15) is 77.6 Å². The van der Waals surface area contributed by atoms with Crippen LogP contribution in [-0.2, 0) is 14.3 Å². The van der Waals surface area contributed by atoms with Gasteiger partial charge in [-0.1, -0.05) is 17.7 Å². The minimum absolute atomic E-state index is 0.0718. The minimum Gasteiger partial charge on any atom is -0.475 e. The van der Waals surface area contributed by atoms with Gasteiger partial charge in [0.25, 0.3) is 0 Å². The van der Waals surface area contributed by atoms with Crippen molar-refractivity contribution < 1.29 is 48.0 Å². The van der Waals surface area contributed by atoms with E-state index >= 15 is 0 Å². The van der Waals surface area contributed by atoms with Gasteiger partial charge in [0.15, 0.2) is 5.79 Å². The van der Waals surface area contributed by atoms with E-state index in [1.54, 1.807) is 30.4 Å². The molecule has 1 spiro atoms. The number of furan rings is 2. The second kappa shape index (κ2) is 11.8. The monoisotopic (exact) mass is 526 g/mol. The molecule has 2 fully saturated rings. The molecule has 1 saturated carbocycles. The van der Waals surface area contributed by atoms with Crippen LogP contribution in [0, 0.1) is 0 Å². The number of allylic oxidation sites excluding steroid dienone is 3. The molecule has 3 N–H and O–H groups in total. The molecule has 10 nitrogen and oxygen atoms in total. The quantitative estimate of drug-likeness (QED) is 0.481. The minimum atomic E-state index is -1.11. The largest absolute Gasteiger partial charge is 0.475 e. The molecule has 0 aromatic carbocycles. The molecule has 2 aliphatic carbocycles. The van der Waals surface area contributed by atoms with Gasteiger partial charge in [-0.25, -0.2) is 9.59 Å². The van der Waals surface area contributed by atoms with Crippen LogP contribution in [0.5, 0.6) is 0 Å². The second-order valence-corrected chi connectivity index (χ2v) is 9.41. The van der Waals surface area contributed by atoms with E-state index in [0.717, 1.165) is 12.0 Å². The average molecular weight is 527 g/mol. The molecule has 3 aliphatic rings. The fourth-order valence-electron chi connectivity index (χ4n) is 4.44. The second-order valence-electron chi connectivity index (χ2n) is 9.41. The van der Waals surface area contributed by atoms with Crippen LogP contribution in [0.15, 0.2) is 56.9 Å². The summed E-state index contributed by atoms with van der Waals surface area (Å²) in [6, 6.07) is 5.98. The molecule has 10 heteroatoms. The summed E-state index contributed by atoms with van der Waals surface area (Å²) in [5.74, 6) is -1.71. The summed E-state index contributed by atoms with van der Waals surface area (Å²) in [5.41, 5.74) is 0.148. The molecule has 1 saturated heterocycles. The maximum atomic E-state index is 11.0. The zero-order chi connectivity index (χ0) is 27.2. The zero-order valence-electron chi connectivity index (χ0n) is 20.8. The van der Waals surface area contributed by atoms with Crippen LogP contribution >= 0.6 is 0 Å². The third kappa shape index (κ3) is 7.18. The van der Waals surface area contributed by atoms with E-state index in [4.69, 9.17) is 28.5 Å². The lowest BCUT2D eigenvalue weighted by Crippen LogP contribution is -2.42. The van der Waals surface area contributed by atoms with E-state index in [-0.39, 0.29) is 17.3 Å². The van der Waals surface area contributed by atoms with Crippen molar-refractivity contribution in [3.8, 4) is 0 Å². The molecule has 202 valence electrons. The Labute approximate surface area is 218 Å². The van der Waals surface area contributed by atoms with Crippen molar-refractivity contribution in [2.75, 3.05) is 13.2 Å². The highest BCUT2D eigenvalue weighted by molar-refractivity contribution is 5.85. The molecule has 3 heterocycles. The number of aliphatic hydroxyl groups is 1. The standard InChI is InChI=1S/C15H18O6.C13H12O4/c16-13(17)12-2-1-11(21-12)3-4-14(18)5-7-15(8-6-14)19-9-10-20-15;14-10-4-1-9(2-5-10)3-6-11-7-8-12(17-11)13(15)16/h1-4,18H,5-10H2,(H,16,17);1,3,6-8H,2,4-5H2,(H,15,16)/b4-3+;6-3+. The molecule has 2 aromatic heterocycles. The maximum absolute atomic E-state index is 11.0. The Balaban J connectivity index is 0.000000181. The fourth-order valence-corrected chi connectivity index (χ4v) is 4.44. The molecular formula is C28H30O10. The number of ketones is 1. The van der Waals surface area contributed by atoms with Crippen LogP contribution in [0.3, 0.4) is 0 Å². The van der Waals surface area contributed by atoms with Crippen molar-refractivity contribution in [1.29, 1.82) is 0 Å². The Kier molecular flexibility index (Phi) is 8.45. The number of ether oxygens (including phenoxy) is 2. The lowest BCUT2D eigenvalue weighted by molar-refractivity contribution is -0.196. The number of carboxylic acids is 2. The van der Waals surface area contributed by atoms with E-state index in [2.05, 4.69) is 0 Å². The average Bonchev–Trinajstić information content (AvgIpc) is 3.67. The van der Waals surface area contributed by atoms with Crippen molar-refractivity contribution in [3.63, 3.8) is 0 Å². The van der Waals surface area contributed by atoms with E-state index < -0.39 is 23.3 Å². The van der Waals surface area contributed by atoms with Crippen molar-refractivity contribution in [2.24, 2.45) is 0 Å². The number of rotatable bonds is 6. The summed E-state index contributed by atoms with van der Waals surface area (Å²) in [6.07, 6.45) is 12.9. The molecule has 38 heavy (non-hydrogen) atoms. The van der Waals surface area contributed by atoms with E-state index in [1.807, 2.05) is 12.2 Å². The number of carbonyl (C=O) groups is 3. The molecule has 0 atom stereocenters. The third-order valence-corrected chi connectivity index (χ3v) is 6.67. The van der Waals surface area contributed by atoms with Gasteiger partial charge in [-0.15, -0.1) is 0 Å². The topological polar surface area (TPSA) is 157 Å². The first-order valence-electron chi connectivity index (χ1n) is 12.4. The van der Waals surface area contributed by atoms with Gasteiger partial charge >= 0.3 is 11.9 Å². The summed E-state index contributed by atoms with van der Waals surface area (Å²) in [5, 5.41) is 28.0. The van der Waals surface area contributed by atoms with Gasteiger partial charge in [0, 0.05) is 25.7 Å². The first-order chi connectivity index (χ1) is 18.2.